The molecule has 0 bridgehead atoms. The lowest BCUT2D eigenvalue weighted by atomic mass is 10.1. The normalized spacial score (nSPS) is 10.6. The van der Waals surface area contributed by atoms with Crippen LogP contribution >= 0.6 is 24.2 Å². The van der Waals surface area contributed by atoms with E-state index in [-0.39, 0.29) is 23.9 Å². The molecule has 0 atom stereocenters. The Labute approximate surface area is 142 Å². The first kappa shape index (κ1) is 20.9. The Kier molecular flexibility index (Phi) is 9.32. The van der Waals surface area contributed by atoms with E-state index in [1.54, 1.807) is 26.0 Å². The number of nitrogens with two attached hydrogens (primary N) is 1. The van der Waals surface area contributed by atoms with Gasteiger partial charge in [0.2, 0.25) is 5.91 Å². The van der Waals surface area contributed by atoms with Gasteiger partial charge in [-0.25, -0.2) is 0 Å². The lowest BCUT2D eigenvalue weighted by Crippen LogP contribution is -2.48. The van der Waals surface area contributed by atoms with Crippen LogP contribution in [0.2, 0.25) is 0 Å². The molecule has 0 fully saturated rings. The Balaban J connectivity index is 0.00000441. The molecule has 1 aromatic rings. The molecule has 0 aliphatic carbocycles. The summed E-state index contributed by atoms with van der Waals surface area (Å²) in [5.74, 6) is 2.10. The molecule has 0 saturated carbocycles. The van der Waals surface area contributed by atoms with E-state index in [4.69, 9.17) is 15.2 Å². The van der Waals surface area contributed by atoms with Gasteiger partial charge in [0.15, 0.2) is 11.5 Å². The van der Waals surface area contributed by atoms with Crippen LogP contribution in [0, 0.1) is 0 Å². The molecule has 0 saturated heterocycles. The maximum Gasteiger partial charge on any atom is 0.221 e. The summed E-state index contributed by atoms with van der Waals surface area (Å²) >= 11 is 1.60. The highest BCUT2D eigenvalue weighted by Gasteiger charge is 2.17. The lowest BCUT2D eigenvalue weighted by Gasteiger charge is -2.24. The lowest BCUT2D eigenvalue weighted by molar-refractivity contribution is -0.122. The minimum absolute atomic E-state index is 0. The van der Waals surface area contributed by atoms with Crippen molar-refractivity contribution in [3.8, 4) is 11.5 Å². The number of hydrogen-bond donors (Lipinski definition) is 2. The van der Waals surface area contributed by atoms with Crippen molar-refractivity contribution in [2.45, 2.75) is 30.7 Å². The fourth-order valence-corrected chi connectivity index (χ4v) is 2.54. The fraction of sp³-hybridized carbons (Fsp3) is 0.533. The summed E-state index contributed by atoms with van der Waals surface area (Å²) in [5.41, 5.74) is 5.23. The van der Waals surface area contributed by atoms with Gasteiger partial charge < -0.3 is 20.5 Å². The minimum atomic E-state index is -0.356. The van der Waals surface area contributed by atoms with Gasteiger partial charge in [-0.2, -0.15) is 0 Å². The molecule has 22 heavy (non-hydrogen) atoms. The zero-order valence-corrected chi connectivity index (χ0v) is 15.1. The quantitative estimate of drug-likeness (QED) is 0.706. The summed E-state index contributed by atoms with van der Waals surface area (Å²) in [6.45, 7) is 4.24. The number of nitrogens with one attached hydrogen (secondary N) is 1. The monoisotopic (exact) mass is 348 g/mol. The first-order valence-electron chi connectivity index (χ1n) is 6.78. The summed E-state index contributed by atoms with van der Waals surface area (Å²) in [6.07, 6.45) is 0.447. The van der Waals surface area contributed by atoms with E-state index < -0.39 is 0 Å². The summed E-state index contributed by atoms with van der Waals surface area (Å²) in [6, 6.07) is 5.72. The molecule has 1 aromatic carbocycles. The van der Waals surface area contributed by atoms with Gasteiger partial charge in [0.05, 0.1) is 14.2 Å². The first-order chi connectivity index (χ1) is 9.91. The van der Waals surface area contributed by atoms with Crippen LogP contribution in [0.15, 0.2) is 23.1 Å². The van der Waals surface area contributed by atoms with Crippen LogP contribution in [0.4, 0.5) is 0 Å². The van der Waals surface area contributed by atoms with Crippen molar-refractivity contribution in [1.29, 1.82) is 0 Å². The van der Waals surface area contributed by atoms with Crippen LogP contribution in [0.5, 0.6) is 11.5 Å². The Morgan fingerprint density at radius 3 is 2.45 bits per heavy atom. The van der Waals surface area contributed by atoms with Crippen LogP contribution in [-0.4, -0.2) is 38.0 Å². The van der Waals surface area contributed by atoms with Gasteiger partial charge in [-0.3, -0.25) is 4.79 Å². The Morgan fingerprint density at radius 1 is 1.27 bits per heavy atom. The average molecular weight is 349 g/mol. The van der Waals surface area contributed by atoms with E-state index in [0.29, 0.717) is 30.2 Å². The number of carbonyl (C=O) groups excluding carboxylic acids is 1. The molecular formula is C15H25ClN2O3S. The Bertz CT molecular complexity index is 484. The first-order valence-corrected chi connectivity index (χ1v) is 7.76. The van der Waals surface area contributed by atoms with Gasteiger partial charge in [-0.15, -0.1) is 24.2 Å². The molecule has 0 unspecified atom stereocenters. The van der Waals surface area contributed by atoms with Gasteiger partial charge in [-0.05, 0) is 32.0 Å². The second-order valence-corrected chi connectivity index (χ2v) is 6.42. The van der Waals surface area contributed by atoms with Crippen molar-refractivity contribution in [2.24, 2.45) is 5.73 Å². The Morgan fingerprint density at radius 2 is 1.91 bits per heavy atom. The highest BCUT2D eigenvalue weighted by molar-refractivity contribution is 7.99. The summed E-state index contributed by atoms with van der Waals surface area (Å²) < 4.78 is 10.4. The van der Waals surface area contributed by atoms with Gasteiger partial charge in [-0.1, -0.05) is 0 Å². The van der Waals surface area contributed by atoms with Crippen LogP contribution in [0.25, 0.3) is 0 Å². The molecule has 0 heterocycles. The molecule has 0 radical (unpaired) electrons. The number of benzene rings is 1. The van der Waals surface area contributed by atoms with E-state index in [1.807, 2.05) is 32.0 Å². The van der Waals surface area contributed by atoms with E-state index >= 15 is 0 Å². The fourth-order valence-electron chi connectivity index (χ4n) is 1.66. The maximum absolute atomic E-state index is 11.8. The predicted molar refractivity (Wildman–Crippen MR) is 93.4 cm³/mol. The minimum Gasteiger partial charge on any atom is -0.493 e. The smallest absolute Gasteiger partial charge is 0.221 e. The SMILES string of the molecule is COc1ccc(SCCC(=O)NC(C)(C)CN)cc1OC.Cl. The van der Waals surface area contributed by atoms with Gasteiger partial charge >= 0.3 is 0 Å². The van der Waals surface area contributed by atoms with Gasteiger partial charge in [0.25, 0.3) is 0 Å². The third-order valence-electron chi connectivity index (χ3n) is 2.94. The molecule has 126 valence electrons. The van der Waals surface area contributed by atoms with Crippen molar-refractivity contribution in [1.82, 2.24) is 5.32 Å². The number of carbonyl (C=O) groups is 1. The summed E-state index contributed by atoms with van der Waals surface area (Å²) in [7, 11) is 3.21. The molecule has 0 spiro atoms. The standard InChI is InChI=1S/C15H24N2O3S.ClH/c1-15(2,10-16)17-14(18)7-8-21-11-5-6-12(19-3)13(9-11)20-4;/h5-6,9H,7-8,10,16H2,1-4H3,(H,17,18);1H. The zero-order valence-electron chi connectivity index (χ0n) is 13.5. The number of methoxy groups -OCH3 is 2. The van der Waals surface area contributed by atoms with Crippen LogP contribution in [0.1, 0.15) is 20.3 Å². The van der Waals surface area contributed by atoms with Crippen LogP contribution in [-0.2, 0) is 4.79 Å². The number of halogens is 1. The van der Waals surface area contributed by atoms with Crippen LogP contribution in [0.3, 0.4) is 0 Å². The van der Waals surface area contributed by atoms with Crippen molar-refractivity contribution in [3.63, 3.8) is 0 Å². The molecule has 1 rings (SSSR count). The highest BCUT2D eigenvalue weighted by atomic mass is 35.5. The van der Waals surface area contributed by atoms with E-state index in [1.165, 1.54) is 0 Å². The predicted octanol–water partition coefficient (Wildman–Crippen LogP) is 2.46. The van der Waals surface area contributed by atoms with Crippen molar-refractivity contribution < 1.29 is 14.3 Å². The summed E-state index contributed by atoms with van der Waals surface area (Å²) in [4.78, 5) is 12.8. The van der Waals surface area contributed by atoms with Crippen molar-refractivity contribution in [3.05, 3.63) is 18.2 Å². The molecule has 0 aliphatic heterocycles. The molecule has 5 nitrogen and oxygen atoms in total. The topological polar surface area (TPSA) is 73.6 Å². The second kappa shape index (κ2) is 9.82. The van der Waals surface area contributed by atoms with Gasteiger partial charge in [0, 0.05) is 29.2 Å². The molecule has 0 aliphatic rings. The molecule has 3 N–H and O–H groups in total. The largest absolute Gasteiger partial charge is 0.493 e. The average Bonchev–Trinajstić information content (AvgIpc) is 2.46. The Hall–Kier alpha value is -1.11. The van der Waals surface area contributed by atoms with Crippen molar-refractivity contribution in [2.75, 3.05) is 26.5 Å². The number of hydrogen-bond acceptors (Lipinski definition) is 5. The van der Waals surface area contributed by atoms with Gasteiger partial charge in [0.1, 0.15) is 0 Å². The van der Waals surface area contributed by atoms with Crippen LogP contribution < -0.4 is 20.5 Å². The van der Waals surface area contributed by atoms with Crippen molar-refractivity contribution >= 4 is 30.1 Å². The maximum atomic E-state index is 11.8. The third-order valence-corrected chi connectivity index (χ3v) is 3.94. The molecule has 7 heteroatoms. The van der Waals surface area contributed by atoms with E-state index in [0.717, 1.165) is 4.90 Å². The van der Waals surface area contributed by atoms with E-state index in [2.05, 4.69) is 5.32 Å². The number of amides is 1. The molecule has 1 amide bonds. The highest BCUT2D eigenvalue weighted by Crippen LogP contribution is 2.31. The summed E-state index contributed by atoms with van der Waals surface area (Å²) in [5, 5.41) is 2.91. The second-order valence-electron chi connectivity index (χ2n) is 5.25. The third kappa shape index (κ3) is 6.77. The number of ether oxygens (including phenoxy) is 2. The number of rotatable bonds is 8. The molecular weight excluding hydrogens is 324 g/mol. The van der Waals surface area contributed by atoms with E-state index in [9.17, 15) is 4.79 Å². The zero-order chi connectivity index (χ0) is 15.9. The number of thioether (sulfide) groups is 1. The molecule has 0 aromatic heterocycles.